The van der Waals surface area contributed by atoms with Gasteiger partial charge in [0, 0.05) is 25.4 Å². The van der Waals surface area contributed by atoms with E-state index in [9.17, 15) is 4.79 Å². The summed E-state index contributed by atoms with van der Waals surface area (Å²) in [6.07, 6.45) is 0.631. The molecule has 0 aromatic heterocycles. The first-order chi connectivity index (χ1) is 8.11. The second-order valence-electron chi connectivity index (χ2n) is 4.91. The Labute approximate surface area is 104 Å². The Hall–Kier alpha value is -1.15. The summed E-state index contributed by atoms with van der Waals surface area (Å²) in [7, 11) is 0. The van der Waals surface area contributed by atoms with E-state index in [0.717, 1.165) is 13.1 Å². The third-order valence-corrected chi connectivity index (χ3v) is 3.23. The number of Topliss-reactive ketones (excluding diaryl/α,β-unsaturated/α-hetero) is 1. The molecule has 94 valence electrons. The first-order valence-electron chi connectivity index (χ1n) is 6.38. The lowest BCUT2D eigenvalue weighted by molar-refractivity contribution is -0.123. The minimum atomic E-state index is 0.175. The highest BCUT2D eigenvalue weighted by atomic mass is 16.1. The fraction of sp³-hybridized carbons (Fsp3) is 0.533. The fourth-order valence-electron chi connectivity index (χ4n) is 1.64. The van der Waals surface area contributed by atoms with Crippen LogP contribution in [0, 0.1) is 11.8 Å². The smallest absolute Gasteiger partial charge is 0.137 e. The van der Waals surface area contributed by atoms with Gasteiger partial charge in [-0.3, -0.25) is 4.79 Å². The van der Waals surface area contributed by atoms with Gasteiger partial charge in [0.25, 0.3) is 0 Å². The zero-order valence-corrected chi connectivity index (χ0v) is 11.1. The summed E-state index contributed by atoms with van der Waals surface area (Å²) in [6.45, 7) is 7.82. The van der Waals surface area contributed by atoms with Crippen molar-refractivity contribution in [3.63, 3.8) is 0 Å². The van der Waals surface area contributed by atoms with Crippen molar-refractivity contribution in [1.29, 1.82) is 0 Å². The number of carbonyl (C=O) groups excluding carboxylic acids is 1. The molecule has 0 aliphatic carbocycles. The third kappa shape index (κ3) is 5.14. The number of benzene rings is 1. The van der Waals surface area contributed by atoms with Crippen LogP contribution in [0.1, 0.15) is 32.8 Å². The number of hydrogen-bond acceptors (Lipinski definition) is 2. The van der Waals surface area contributed by atoms with Crippen molar-refractivity contribution in [1.82, 2.24) is 5.32 Å². The number of hydrogen-bond donors (Lipinski definition) is 1. The molecule has 0 saturated carbocycles. The van der Waals surface area contributed by atoms with E-state index in [1.807, 2.05) is 25.1 Å². The van der Waals surface area contributed by atoms with Crippen LogP contribution in [0.3, 0.4) is 0 Å². The quantitative estimate of drug-likeness (QED) is 0.733. The molecule has 0 bridgehead atoms. The molecule has 1 N–H and O–H groups in total. The Morgan fingerprint density at radius 3 is 2.41 bits per heavy atom. The second kappa shape index (κ2) is 7.23. The highest BCUT2D eigenvalue weighted by molar-refractivity contribution is 5.81. The average Bonchev–Trinajstić information content (AvgIpc) is 2.34. The van der Waals surface area contributed by atoms with Crippen molar-refractivity contribution < 1.29 is 4.79 Å². The molecule has 2 nitrogen and oxygen atoms in total. The predicted octanol–water partition coefficient (Wildman–Crippen LogP) is 3.03. The van der Waals surface area contributed by atoms with Crippen molar-refractivity contribution in [3.8, 4) is 0 Å². The Bertz CT molecular complexity index is 332. The fourth-order valence-corrected chi connectivity index (χ4v) is 1.64. The summed E-state index contributed by atoms with van der Waals surface area (Å²) in [6, 6.07) is 10.3. The topological polar surface area (TPSA) is 29.1 Å². The van der Waals surface area contributed by atoms with Crippen LogP contribution < -0.4 is 5.32 Å². The van der Waals surface area contributed by atoms with E-state index in [0.29, 0.717) is 18.1 Å². The highest BCUT2D eigenvalue weighted by Crippen LogP contribution is 2.12. The van der Waals surface area contributed by atoms with E-state index in [1.54, 1.807) is 0 Å². The minimum Gasteiger partial charge on any atom is -0.312 e. The van der Waals surface area contributed by atoms with E-state index in [-0.39, 0.29) is 5.92 Å². The van der Waals surface area contributed by atoms with Gasteiger partial charge in [-0.2, -0.15) is 0 Å². The van der Waals surface area contributed by atoms with Crippen LogP contribution in [0.2, 0.25) is 0 Å². The van der Waals surface area contributed by atoms with Gasteiger partial charge in [-0.05, 0) is 11.5 Å². The van der Waals surface area contributed by atoms with Crippen LogP contribution in [0.5, 0.6) is 0 Å². The molecule has 0 fully saturated rings. The molecule has 17 heavy (non-hydrogen) atoms. The molecule has 0 saturated heterocycles. The normalized spacial score (nSPS) is 12.7. The van der Waals surface area contributed by atoms with E-state index in [4.69, 9.17) is 0 Å². The minimum absolute atomic E-state index is 0.175. The zero-order valence-electron chi connectivity index (χ0n) is 11.1. The van der Waals surface area contributed by atoms with Gasteiger partial charge in [0.1, 0.15) is 5.78 Å². The van der Waals surface area contributed by atoms with Gasteiger partial charge in [0.05, 0.1) is 0 Å². The molecule has 0 amide bonds. The number of nitrogens with one attached hydrogen (secondary N) is 1. The molecule has 0 radical (unpaired) electrons. The van der Waals surface area contributed by atoms with Gasteiger partial charge in [0.2, 0.25) is 0 Å². The van der Waals surface area contributed by atoms with Crippen LogP contribution in [-0.4, -0.2) is 12.3 Å². The SMILES string of the molecule is CC(C)C(C)C(=O)CCNCc1ccccc1. The van der Waals surface area contributed by atoms with Crippen LogP contribution >= 0.6 is 0 Å². The first-order valence-corrected chi connectivity index (χ1v) is 6.38. The van der Waals surface area contributed by atoms with Crippen molar-refractivity contribution in [2.45, 2.75) is 33.7 Å². The number of carbonyl (C=O) groups is 1. The van der Waals surface area contributed by atoms with Gasteiger partial charge < -0.3 is 5.32 Å². The van der Waals surface area contributed by atoms with Crippen LogP contribution in [0.4, 0.5) is 0 Å². The van der Waals surface area contributed by atoms with Gasteiger partial charge in [-0.25, -0.2) is 0 Å². The molecule has 0 aliphatic heterocycles. The van der Waals surface area contributed by atoms with Gasteiger partial charge in [0.15, 0.2) is 0 Å². The largest absolute Gasteiger partial charge is 0.312 e. The highest BCUT2D eigenvalue weighted by Gasteiger charge is 2.15. The molecule has 1 aromatic carbocycles. The van der Waals surface area contributed by atoms with Gasteiger partial charge in [-0.1, -0.05) is 51.1 Å². The van der Waals surface area contributed by atoms with Crippen LogP contribution in [0.15, 0.2) is 30.3 Å². The van der Waals surface area contributed by atoms with Gasteiger partial charge in [-0.15, -0.1) is 0 Å². The molecule has 0 spiro atoms. The maximum atomic E-state index is 11.8. The van der Waals surface area contributed by atoms with E-state index in [2.05, 4.69) is 31.3 Å². The Balaban J connectivity index is 2.18. The molecule has 0 aliphatic rings. The summed E-state index contributed by atoms with van der Waals surface area (Å²) >= 11 is 0. The summed E-state index contributed by atoms with van der Waals surface area (Å²) in [5.41, 5.74) is 1.26. The van der Waals surface area contributed by atoms with Crippen LogP contribution in [-0.2, 0) is 11.3 Å². The van der Waals surface area contributed by atoms with Crippen LogP contribution in [0.25, 0.3) is 0 Å². The summed E-state index contributed by atoms with van der Waals surface area (Å²) < 4.78 is 0. The molecule has 1 unspecified atom stereocenters. The lowest BCUT2D eigenvalue weighted by Crippen LogP contribution is -2.23. The molecule has 0 heterocycles. The lowest BCUT2D eigenvalue weighted by atomic mass is 9.92. The van der Waals surface area contributed by atoms with Crippen molar-refractivity contribution in [2.75, 3.05) is 6.54 Å². The molecular weight excluding hydrogens is 210 g/mol. The van der Waals surface area contributed by atoms with E-state index < -0.39 is 0 Å². The Morgan fingerprint density at radius 2 is 1.82 bits per heavy atom. The van der Waals surface area contributed by atoms with Crippen molar-refractivity contribution in [3.05, 3.63) is 35.9 Å². The third-order valence-electron chi connectivity index (χ3n) is 3.23. The number of ketones is 1. The average molecular weight is 233 g/mol. The predicted molar refractivity (Wildman–Crippen MR) is 71.8 cm³/mol. The molecule has 1 rings (SSSR count). The molecular formula is C15H23NO. The van der Waals surface area contributed by atoms with Crippen molar-refractivity contribution >= 4 is 5.78 Å². The monoisotopic (exact) mass is 233 g/mol. The van der Waals surface area contributed by atoms with E-state index in [1.165, 1.54) is 5.56 Å². The summed E-state index contributed by atoms with van der Waals surface area (Å²) in [5, 5.41) is 3.31. The molecule has 2 heteroatoms. The lowest BCUT2D eigenvalue weighted by Gasteiger charge is -2.14. The summed E-state index contributed by atoms with van der Waals surface area (Å²) in [4.78, 5) is 11.8. The van der Waals surface area contributed by atoms with Gasteiger partial charge >= 0.3 is 0 Å². The molecule has 1 atom stereocenters. The Kier molecular flexibility index (Phi) is 5.92. The Morgan fingerprint density at radius 1 is 1.18 bits per heavy atom. The van der Waals surface area contributed by atoms with Crippen molar-refractivity contribution in [2.24, 2.45) is 11.8 Å². The zero-order chi connectivity index (χ0) is 12.7. The maximum Gasteiger partial charge on any atom is 0.137 e. The standard InChI is InChI=1S/C15H23NO/c1-12(2)13(3)15(17)9-10-16-11-14-7-5-4-6-8-14/h4-8,12-13,16H,9-11H2,1-3H3. The second-order valence-corrected chi connectivity index (χ2v) is 4.91. The maximum absolute atomic E-state index is 11.8. The first kappa shape index (κ1) is 13.9. The number of rotatable bonds is 7. The molecule has 1 aromatic rings. The van der Waals surface area contributed by atoms with E-state index >= 15 is 0 Å². The summed E-state index contributed by atoms with van der Waals surface area (Å²) in [5.74, 6) is 0.978.